The third kappa shape index (κ3) is 2.06. The second kappa shape index (κ2) is 4.04. The van der Waals surface area contributed by atoms with E-state index in [1.807, 2.05) is 0 Å². The van der Waals surface area contributed by atoms with Crippen molar-refractivity contribution in [3.63, 3.8) is 0 Å². The van der Waals surface area contributed by atoms with E-state index in [0.29, 0.717) is 6.54 Å². The standard InChI is InChI=1S/C8H14N4O/c1-10-8(13)7(3-9)6-4-11-12(2)5-6/h4-5,7H,3,9H2,1-2H3,(H,10,13)/t7-/m1/s1. The molecule has 0 fully saturated rings. The van der Waals surface area contributed by atoms with Crippen molar-refractivity contribution in [1.82, 2.24) is 15.1 Å². The number of aromatic nitrogens is 2. The average Bonchev–Trinajstić information content (AvgIpc) is 2.53. The Bertz CT molecular complexity index is 294. The van der Waals surface area contributed by atoms with Crippen molar-refractivity contribution in [1.29, 1.82) is 0 Å². The highest BCUT2D eigenvalue weighted by Gasteiger charge is 2.18. The molecule has 1 rings (SSSR count). The van der Waals surface area contributed by atoms with Crippen molar-refractivity contribution in [3.8, 4) is 0 Å². The first-order valence-corrected chi connectivity index (χ1v) is 4.09. The predicted octanol–water partition coefficient (Wildman–Crippen LogP) is -0.792. The lowest BCUT2D eigenvalue weighted by Gasteiger charge is -2.09. The molecule has 72 valence electrons. The zero-order valence-electron chi connectivity index (χ0n) is 7.82. The summed E-state index contributed by atoms with van der Waals surface area (Å²) in [7, 11) is 3.41. The molecule has 1 heterocycles. The molecule has 0 aliphatic heterocycles. The van der Waals surface area contributed by atoms with Gasteiger partial charge in [0.25, 0.3) is 0 Å². The molecule has 1 amide bonds. The predicted molar refractivity (Wildman–Crippen MR) is 49.1 cm³/mol. The minimum atomic E-state index is -0.293. The number of aryl methyl sites for hydroxylation is 1. The molecule has 0 saturated carbocycles. The second-order valence-corrected chi connectivity index (χ2v) is 2.85. The van der Waals surface area contributed by atoms with Gasteiger partial charge in [0.2, 0.25) is 5.91 Å². The summed E-state index contributed by atoms with van der Waals surface area (Å²) in [6.45, 7) is 0.297. The van der Waals surface area contributed by atoms with Crippen LogP contribution in [0.25, 0.3) is 0 Å². The Balaban J connectivity index is 2.84. The van der Waals surface area contributed by atoms with Crippen LogP contribution in [0.1, 0.15) is 11.5 Å². The Morgan fingerprint density at radius 1 is 1.85 bits per heavy atom. The highest BCUT2D eigenvalue weighted by molar-refractivity contribution is 5.83. The molecule has 5 heteroatoms. The Hall–Kier alpha value is -1.36. The van der Waals surface area contributed by atoms with E-state index in [0.717, 1.165) is 5.56 Å². The number of amides is 1. The maximum Gasteiger partial charge on any atom is 0.228 e. The van der Waals surface area contributed by atoms with Crippen LogP contribution in [0.4, 0.5) is 0 Å². The SMILES string of the molecule is CNC(=O)[C@H](CN)c1cnn(C)c1. The first-order chi connectivity index (χ1) is 6.19. The molecule has 3 N–H and O–H groups in total. The molecule has 1 aromatic rings. The molecule has 0 bridgehead atoms. The number of nitrogens with zero attached hydrogens (tertiary/aromatic N) is 2. The molecule has 0 saturated heterocycles. The molecule has 0 radical (unpaired) electrons. The normalized spacial score (nSPS) is 12.5. The van der Waals surface area contributed by atoms with Gasteiger partial charge in [0, 0.05) is 32.4 Å². The molecule has 0 aliphatic rings. The summed E-state index contributed by atoms with van der Waals surface area (Å²) in [6, 6.07) is 0. The Labute approximate surface area is 76.9 Å². The van der Waals surface area contributed by atoms with Crippen LogP contribution in [-0.2, 0) is 11.8 Å². The highest BCUT2D eigenvalue weighted by atomic mass is 16.1. The molecule has 0 spiro atoms. The lowest BCUT2D eigenvalue weighted by Crippen LogP contribution is -2.30. The van der Waals surface area contributed by atoms with E-state index in [2.05, 4.69) is 10.4 Å². The van der Waals surface area contributed by atoms with Crippen LogP contribution < -0.4 is 11.1 Å². The number of carbonyl (C=O) groups excluding carboxylic acids is 1. The Morgan fingerprint density at radius 3 is 2.92 bits per heavy atom. The van der Waals surface area contributed by atoms with Gasteiger partial charge in [-0.15, -0.1) is 0 Å². The lowest BCUT2D eigenvalue weighted by atomic mass is 10.0. The third-order valence-corrected chi connectivity index (χ3v) is 1.93. The molecule has 1 aromatic heterocycles. The molecule has 5 nitrogen and oxygen atoms in total. The number of likely N-dealkylation sites (N-methyl/N-ethyl adjacent to an activating group) is 1. The summed E-state index contributed by atoms with van der Waals surface area (Å²) in [5, 5.41) is 6.55. The Kier molecular flexibility index (Phi) is 3.02. The van der Waals surface area contributed by atoms with E-state index < -0.39 is 0 Å². The van der Waals surface area contributed by atoms with E-state index in [1.165, 1.54) is 0 Å². The fourth-order valence-electron chi connectivity index (χ4n) is 1.19. The van der Waals surface area contributed by atoms with Gasteiger partial charge in [-0.25, -0.2) is 0 Å². The van der Waals surface area contributed by atoms with E-state index >= 15 is 0 Å². The quantitative estimate of drug-likeness (QED) is 0.643. The maximum absolute atomic E-state index is 11.3. The largest absolute Gasteiger partial charge is 0.359 e. The number of nitrogens with two attached hydrogens (primary N) is 1. The van der Waals surface area contributed by atoms with E-state index in [1.54, 1.807) is 31.2 Å². The molecular weight excluding hydrogens is 168 g/mol. The van der Waals surface area contributed by atoms with Crippen molar-refractivity contribution in [2.24, 2.45) is 12.8 Å². The fraction of sp³-hybridized carbons (Fsp3) is 0.500. The van der Waals surface area contributed by atoms with E-state index in [9.17, 15) is 4.79 Å². The maximum atomic E-state index is 11.3. The lowest BCUT2D eigenvalue weighted by molar-refractivity contribution is -0.121. The zero-order chi connectivity index (χ0) is 9.84. The van der Waals surface area contributed by atoms with Crippen molar-refractivity contribution in [2.75, 3.05) is 13.6 Å². The van der Waals surface area contributed by atoms with Gasteiger partial charge in [-0.1, -0.05) is 0 Å². The number of rotatable bonds is 3. The van der Waals surface area contributed by atoms with Gasteiger partial charge >= 0.3 is 0 Å². The molecule has 13 heavy (non-hydrogen) atoms. The third-order valence-electron chi connectivity index (χ3n) is 1.93. The summed E-state index contributed by atoms with van der Waals surface area (Å²) >= 11 is 0. The van der Waals surface area contributed by atoms with Gasteiger partial charge in [-0.2, -0.15) is 5.10 Å². The number of carbonyl (C=O) groups is 1. The topological polar surface area (TPSA) is 72.9 Å². The summed E-state index contributed by atoms with van der Waals surface area (Å²) < 4.78 is 1.65. The van der Waals surface area contributed by atoms with Crippen LogP contribution in [-0.4, -0.2) is 29.3 Å². The van der Waals surface area contributed by atoms with Gasteiger partial charge in [0.05, 0.1) is 12.1 Å². The molecule has 0 aliphatic carbocycles. The van der Waals surface area contributed by atoms with Crippen LogP contribution in [0.3, 0.4) is 0 Å². The van der Waals surface area contributed by atoms with Gasteiger partial charge in [-0.3, -0.25) is 9.48 Å². The van der Waals surface area contributed by atoms with Crippen LogP contribution in [0.5, 0.6) is 0 Å². The first kappa shape index (κ1) is 9.73. The molecular formula is C8H14N4O. The summed E-state index contributed by atoms with van der Waals surface area (Å²) in [5.74, 6) is -0.366. The van der Waals surface area contributed by atoms with Crippen molar-refractivity contribution >= 4 is 5.91 Å². The van der Waals surface area contributed by atoms with E-state index in [-0.39, 0.29) is 11.8 Å². The van der Waals surface area contributed by atoms with Gasteiger partial charge in [0.1, 0.15) is 0 Å². The monoisotopic (exact) mass is 182 g/mol. The van der Waals surface area contributed by atoms with Gasteiger partial charge in [-0.05, 0) is 0 Å². The van der Waals surface area contributed by atoms with Crippen molar-refractivity contribution in [2.45, 2.75) is 5.92 Å². The number of hydrogen-bond donors (Lipinski definition) is 2. The highest BCUT2D eigenvalue weighted by Crippen LogP contribution is 2.12. The zero-order valence-corrected chi connectivity index (χ0v) is 7.82. The minimum Gasteiger partial charge on any atom is -0.359 e. The second-order valence-electron chi connectivity index (χ2n) is 2.85. The number of hydrogen-bond acceptors (Lipinski definition) is 3. The van der Waals surface area contributed by atoms with Gasteiger partial charge in [0.15, 0.2) is 0 Å². The first-order valence-electron chi connectivity index (χ1n) is 4.09. The molecule has 0 aromatic carbocycles. The molecule has 0 unspecified atom stereocenters. The van der Waals surface area contributed by atoms with Crippen molar-refractivity contribution < 1.29 is 4.79 Å². The Morgan fingerprint density at radius 2 is 2.54 bits per heavy atom. The fourth-order valence-corrected chi connectivity index (χ4v) is 1.19. The summed E-state index contributed by atoms with van der Waals surface area (Å²) in [6.07, 6.45) is 3.46. The summed E-state index contributed by atoms with van der Waals surface area (Å²) in [5.41, 5.74) is 6.34. The number of nitrogens with one attached hydrogen (secondary N) is 1. The van der Waals surface area contributed by atoms with Crippen LogP contribution >= 0.6 is 0 Å². The average molecular weight is 182 g/mol. The van der Waals surface area contributed by atoms with Crippen LogP contribution in [0, 0.1) is 0 Å². The van der Waals surface area contributed by atoms with Gasteiger partial charge < -0.3 is 11.1 Å². The van der Waals surface area contributed by atoms with E-state index in [4.69, 9.17) is 5.73 Å². The minimum absolute atomic E-state index is 0.0736. The molecule has 1 atom stereocenters. The summed E-state index contributed by atoms with van der Waals surface area (Å²) in [4.78, 5) is 11.3. The van der Waals surface area contributed by atoms with Crippen LogP contribution in [0.15, 0.2) is 12.4 Å². The van der Waals surface area contributed by atoms with Crippen molar-refractivity contribution in [3.05, 3.63) is 18.0 Å². The van der Waals surface area contributed by atoms with Crippen LogP contribution in [0.2, 0.25) is 0 Å². The smallest absolute Gasteiger partial charge is 0.228 e.